The molecule has 0 bridgehead atoms. The highest BCUT2D eigenvalue weighted by Crippen LogP contribution is 2.31. The van der Waals surface area contributed by atoms with Gasteiger partial charge in [-0.3, -0.25) is 4.68 Å². The van der Waals surface area contributed by atoms with Crippen LogP contribution < -0.4 is 9.80 Å². The Morgan fingerprint density at radius 3 is 1.16 bits per heavy atom. The van der Waals surface area contributed by atoms with Gasteiger partial charge in [0.05, 0.1) is 30.2 Å². The maximum absolute atomic E-state index is 12.4. The van der Waals surface area contributed by atoms with Crippen LogP contribution in [0.2, 0.25) is 0 Å². The predicted octanol–water partition coefficient (Wildman–Crippen LogP) is 18.7. The molecular formula is C75H122N10O4. The summed E-state index contributed by atoms with van der Waals surface area (Å²) >= 11 is 0. The van der Waals surface area contributed by atoms with Crippen molar-refractivity contribution in [2.75, 3.05) is 38.0 Å². The normalized spacial score (nSPS) is 14.6. The van der Waals surface area contributed by atoms with Crippen molar-refractivity contribution < 1.29 is 19.1 Å². The van der Waals surface area contributed by atoms with Crippen molar-refractivity contribution in [3.8, 4) is 0 Å². The van der Waals surface area contributed by atoms with E-state index in [1.807, 2.05) is 47.6 Å². The van der Waals surface area contributed by atoms with Gasteiger partial charge in [-0.25, -0.2) is 19.0 Å². The summed E-state index contributed by atoms with van der Waals surface area (Å²) in [5.41, 5.74) is 7.28. The third kappa shape index (κ3) is 26.4. The predicted molar refractivity (Wildman–Crippen MR) is 374 cm³/mol. The van der Waals surface area contributed by atoms with Crippen molar-refractivity contribution in [1.29, 1.82) is 0 Å². The van der Waals surface area contributed by atoms with Crippen LogP contribution in [0.25, 0.3) is 0 Å². The number of benzene rings is 3. The van der Waals surface area contributed by atoms with Crippen molar-refractivity contribution in [3.05, 3.63) is 149 Å². The SMILES string of the molecule is C.C.C.C.CCCc1cc(N(C)Cc2ccccc2)n(CC2CCCCC2)n1.CN(Cc1cc(CCc2ccccc2)n(CC2CCCCC2)n1)C(=O)OC(C)(C)C.CN(Cc1cc(N(C)Cc2ccccc2)n(CC2CCCCC2)n1)C(=O)OC(C)(C)C. The third-order valence-electron chi connectivity index (χ3n) is 16.5. The van der Waals surface area contributed by atoms with Crippen LogP contribution in [-0.4, -0.2) is 90.7 Å². The maximum atomic E-state index is 12.4. The number of carbonyl (C=O) groups excluding carboxylic acids is 2. The fraction of sp³-hybridized carbons (Fsp3) is 0.613. The van der Waals surface area contributed by atoms with E-state index < -0.39 is 11.2 Å². The fourth-order valence-corrected chi connectivity index (χ4v) is 12.1. The van der Waals surface area contributed by atoms with Crippen LogP contribution in [0.1, 0.15) is 220 Å². The molecule has 3 fully saturated rings. The van der Waals surface area contributed by atoms with Gasteiger partial charge in [-0.05, 0) is 140 Å². The molecule has 3 aromatic carbocycles. The van der Waals surface area contributed by atoms with Gasteiger partial charge in [0.15, 0.2) is 0 Å². The van der Waals surface area contributed by atoms with E-state index in [9.17, 15) is 9.59 Å². The van der Waals surface area contributed by atoms with E-state index in [2.05, 4.69) is 148 Å². The molecule has 0 spiro atoms. The number of carbonyl (C=O) groups is 2. The maximum Gasteiger partial charge on any atom is 0.410 e. The Kier molecular flexibility index (Phi) is 32.9. The quantitative estimate of drug-likeness (QED) is 0.0694. The van der Waals surface area contributed by atoms with Crippen molar-refractivity contribution >= 4 is 23.8 Å². The number of aryl methyl sites for hydroxylation is 3. The summed E-state index contributed by atoms with van der Waals surface area (Å²) in [6, 6.07) is 38.4. The Morgan fingerprint density at radius 2 is 0.775 bits per heavy atom. The number of aromatic nitrogens is 6. The molecule has 496 valence electrons. The summed E-state index contributed by atoms with van der Waals surface area (Å²) in [7, 11) is 7.85. The molecule has 0 aliphatic heterocycles. The number of hydrogen-bond acceptors (Lipinski definition) is 9. The molecule has 0 atom stereocenters. The standard InChI is InChI=1S/C25H38N4O2.C25H37N3O2.C21H31N3.4CH4/c1-25(2,3)31-24(30)28(5)19-22-16-23(27(4)17-20-12-8-6-9-13-20)29(26-22)18-21-14-10-7-11-15-21;1-25(2,3)30-24(29)27(4)19-22-17-23(16-15-20-11-7-5-8-12-20)28(26-22)18-21-13-9-6-10-14-21;1-3-10-20-15-21(23(2)16-18-11-6-4-7-12-18)24(22-20)17-19-13-8-5-9-14-19;;;;/h6,8-9,12-13,16,21H,7,10-11,14-15,17-19H2,1-5H3;5,7-8,11-12,17,21H,6,9-10,13-16,18-19H2,1-4H3;4,6-7,11-12,15,19H,3,5,8-10,13-14,16-17H2,1-2H3;4*1H4. The molecule has 3 aromatic heterocycles. The van der Waals surface area contributed by atoms with Crippen molar-refractivity contribution in [2.24, 2.45) is 17.8 Å². The molecule has 3 saturated carbocycles. The first-order chi connectivity index (χ1) is 40.8. The number of nitrogens with zero attached hydrogens (tertiary/aromatic N) is 10. The number of anilines is 2. The Bertz CT molecular complexity index is 2870. The lowest BCUT2D eigenvalue weighted by atomic mass is 9.89. The molecular weight excluding hydrogens is 1100 g/mol. The monoisotopic (exact) mass is 1230 g/mol. The smallest absolute Gasteiger partial charge is 0.410 e. The number of hydrogen-bond donors (Lipinski definition) is 0. The van der Waals surface area contributed by atoms with Crippen LogP contribution in [0.15, 0.2) is 109 Å². The lowest BCUT2D eigenvalue weighted by Gasteiger charge is -2.25. The van der Waals surface area contributed by atoms with E-state index in [0.717, 1.165) is 81.5 Å². The van der Waals surface area contributed by atoms with Gasteiger partial charge in [0.25, 0.3) is 0 Å². The van der Waals surface area contributed by atoms with Crippen molar-refractivity contribution in [1.82, 2.24) is 39.1 Å². The highest BCUT2D eigenvalue weighted by molar-refractivity contribution is 5.68. The first kappa shape index (κ1) is 76.7. The van der Waals surface area contributed by atoms with E-state index in [1.165, 1.54) is 130 Å². The minimum absolute atomic E-state index is 0. The molecule has 0 N–H and O–H groups in total. The van der Waals surface area contributed by atoms with Crippen LogP contribution in [0.4, 0.5) is 21.2 Å². The van der Waals surface area contributed by atoms with Gasteiger partial charge >= 0.3 is 12.2 Å². The van der Waals surface area contributed by atoms with Gasteiger partial charge in [0.2, 0.25) is 0 Å². The summed E-state index contributed by atoms with van der Waals surface area (Å²) < 4.78 is 17.6. The average Bonchev–Trinajstić information content (AvgIpc) is 2.84. The summed E-state index contributed by atoms with van der Waals surface area (Å²) in [5.74, 6) is 4.56. The molecule has 0 radical (unpaired) electrons. The van der Waals surface area contributed by atoms with Crippen molar-refractivity contribution in [2.45, 2.75) is 257 Å². The second kappa shape index (κ2) is 38.2. The minimum Gasteiger partial charge on any atom is -0.444 e. The van der Waals surface area contributed by atoms with E-state index in [4.69, 9.17) is 24.8 Å². The van der Waals surface area contributed by atoms with E-state index in [1.54, 1.807) is 23.9 Å². The largest absolute Gasteiger partial charge is 0.444 e. The zero-order valence-electron chi connectivity index (χ0n) is 54.1. The molecule has 3 heterocycles. The summed E-state index contributed by atoms with van der Waals surface area (Å²) in [6.45, 7) is 19.2. The molecule has 14 nitrogen and oxygen atoms in total. The molecule has 3 aliphatic carbocycles. The van der Waals surface area contributed by atoms with E-state index >= 15 is 0 Å². The highest BCUT2D eigenvalue weighted by Gasteiger charge is 2.26. The second-order valence-electron chi connectivity index (χ2n) is 26.8. The lowest BCUT2D eigenvalue weighted by Crippen LogP contribution is -2.33. The first-order valence-electron chi connectivity index (χ1n) is 32.4. The van der Waals surface area contributed by atoms with Gasteiger partial charge in [-0.2, -0.15) is 15.3 Å². The molecule has 9 rings (SSSR count). The summed E-state index contributed by atoms with van der Waals surface area (Å²) in [5, 5.41) is 14.7. The Balaban J connectivity index is 0.000000344. The zero-order valence-corrected chi connectivity index (χ0v) is 54.1. The van der Waals surface area contributed by atoms with Gasteiger partial charge < -0.3 is 29.1 Å². The second-order valence-corrected chi connectivity index (χ2v) is 26.8. The van der Waals surface area contributed by atoms with Crippen LogP contribution in [-0.2, 0) is 74.5 Å². The zero-order chi connectivity index (χ0) is 60.8. The van der Waals surface area contributed by atoms with Crippen LogP contribution in [0.5, 0.6) is 0 Å². The Labute approximate surface area is 541 Å². The Morgan fingerprint density at radius 1 is 0.438 bits per heavy atom. The average molecular weight is 1230 g/mol. The number of rotatable bonds is 21. The summed E-state index contributed by atoms with van der Waals surface area (Å²) in [6.07, 6.45) is 23.6. The minimum atomic E-state index is -0.507. The van der Waals surface area contributed by atoms with Gasteiger partial charge in [-0.1, -0.05) is 192 Å². The Hall–Kier alpha value is -6.57. The van der Waals surface area contributed by atoms with Crippen LogP contribution in [0.3, 0.4) is 0 Å². The molecule has 0 saturated heterocycles. The highest BCUT2D eigenvalue weighted by atomic mass is 16.6. The van der Waals surface area contributed by atoms with Crippen LogP contribution in [0, 0.1) is 17.8 Å². The van der Waals surface area contributed by atoms with Crippen molar-refractivity contribution in [3.63, 3.8) is 0 Å². The molecule has 0 unspecified atom stereocenters. The molecule has 2 amide bonds. The van der Waals surface area contributed by atoms with E-state index in [0.29, 0.717) is 24.9 Å². The van der Waals surface area contributed by atoms with Gasteiger partial charge in [0.1, 0.15) is 22.8 Å². The van der Waals surface area contributed by atoms with Gasteiger partial charge in [0, 0.05) is 78.7 Å². The molecule has 3 aliphatic rings. The molecule has 14 heteroatoms. The van der Waals surface area contributed by atoms with E-state index in [-0.39, 0.29) is 41.9 Å². The number of amides is 2. The molecule has 6 aromatic rings. The topological polar surface area (TPSA) is 119 Å². The first-order valence-corrected chi connectivity index (χ1v) is 32.4. The lowest BCUT2D eigenvalue weighted by molar-refractivity contribution is 0.0273. The third-order valence-corrected chi connectivity index (χ3v) is 16.5. The van der Waals surface area contributed by atoms with Crippen LogP contribution >= 0.6 is 0 Å². The molecule has 89 heavy (non-hydrogen) atoms. The summed E-state index contributed by atoms with van der Waals surface area (Å²) in [4.78, 5) is 32.6. The van der Waals surface area contributed by atoms with Gasteiger partial charge in [-0.15, -0.1) is 0 Å². The number of ether oxygens (including phenoxy) is 2. The fourth-order valence-electron chi connectivity index (χ4n) is 12.1.